The average Bonchev–Trinajstić information content (AvgIpc) is 2.57. The highest BCUT2D eigenvalue weighted by Gasteiger charge is 2.22. The largest absolute Gasteiger partial charge is 0.299 e. The second-order valence-electron chi connectivity index (χ2n) is 4.01. The molecule has 14 heavy (non-hydrogen) atoms. The van der Waals surface area contributed by atoms with E-state index < -0.39 is 0 Å². The molecule has 0 spiro atoms. The van der Waals surface area contributed by atoms with Crippen molar-refractivity contribution in [3.05, 3.63) is 28.5 Å². The molecule has 1 aliphatic rings. The summed E-state index contributed by atoms with van der Waals surface area (Å²) in [6.07, 6.45) is 4.42. The molecular weight excluding hydrogens is 196 g/mol. The van der Waals surface area contributed by atoms with Gasteiger partial charge in [0.05, 0.1) is 0 Å². The summed E-state index contributed by atoms with van der Waals surface area (Å²) < 4.78 is 0. The molecule has 1 aromatic heterocycles. The third-order valence-corrected chi connectivity index (χ3v) is 3.34. The van der Waals surface area contributed by atoms with Crippen LogP contribution in [-0.2, 0) is 0 Å². The van der Waals surface area contributed by atoms with Crippen molar-refractivity contribution in [1.82, 2.24) is 9.88 Å². The van der Waals surface area contributed by atoms with E-state index in [9.17, 15) is 0 Å². The maximum atomic E-state index is 5.90. The first-order valence-electron chi connectivity index (χ1n) is 5.01. The number of likely N-dealkylation sites (tertiary alicyclic amines) is 1. The van der Waals surface area contributed by atoms with Crippen molar-refractivity contribution in [2.24, 2.45) is 0 Å². The summed E-state index contributed by atoms with van der Waals surface area (Å²) >= 11 is 5.90. The number of hydrogen-bond donors (Lipinski definition) is 0. The van der Waals surface area contributed by atoms with Crippen molar-refractivity contribution >= 4 is 11.6 Å². The van der Waals surface area contributed by atoms with E-state index in [2.05, 4.69) is 23.0 Å². The SMILES string of the molecule is Cc1cc(C2CCCN2C)cnc1Cl. The van der Waals surface area contributed by atoms with Gasteiger partial charge in [-0.25, -0.2) is 4.98 Å². The van der Waals surface area contributed by atoms with E-state index >= 15 is 0 Å². The van der Waals surface area contributed by atoms with Gasteiger partial charge in [-0.05, 0) is 50.6 Å². The topological polar surface area (TPSA) is 16.1 Å². The molecule has 0 aromatic carbocycles. The molecule has 0 aliphatic carbocycles. The smallest absolute Gasteiger partial charge is 0.131 e. The highest BCUT2D eigenvalue weighted by Crippen LogP contribution is 2.30. The van der Waals surface area contributed by atoms with Crippen LogP contribution in [-0.4, -0.2) is 23.5 Å². The summed E-state index contributed by atoms with van der Waals surface area (Å²) in [6, 6.07) is 2.69. The minimum atomic E-state index is 0.540. The van der Waals surface area contributed by atoms with Crippen molar-refractivity contribution in [3.8, 4) is 0 Å². The van der Waals surface area contributed by atoms with Crippen LogP contribution in [0.1, 0.15) is 30.0 Å². The molecule has 0 amide bonds. The summed E-state index contributed by atoms with van der Waals surface area (Å²) in [6.45, 7) is 3.19. The van der Waals surface area contributed by atoms with E-state index in [1.807, 2.05) is 13.1 Å². The summed E-state index contributed by atoms with van der Waals surface area (Å²) in [5, 5.41) is 0.620. The molecule has 2 rings (SSSR count). The maximum Gasteiger partial charge on any atom is 0.131 e. The van der Waals surface area contributed by atoms with Gasteiger partial charge in [0, 0.05) is 12.2 Å². The molecule has 76 valence electrons. The van der Waals surface area contributed by atoms with E-state index in [4.69, 9.17) is 11.6 Å². The number of nitrogens with zero attached hydrogens (tertiary/aromatic N) is 2. The maximum absolute atomic E-state index is 5.90. The number of halogens is 1. The number of pyridine rings is 1. The van der Waals surface area contributed by atoms with Crippen LogP contribution < -0.4 is 0 Å². The standard InChI is InChI=1S/C11H15ClN2/c1-8-6-9(7-13-11(8)12)10-4-3-5-14(10)2/h6-7,10H,3-5H2,1-2H3. The highest BCUT2D eigenvalue weighted by atomic mass is 35.5. The zero-order chi connectivity index (χ0) is 10.1. The Morgan fingerprint density at radius 1 is 1.57 bits per heavy atom. The third-order valence-electron chi connectivity index (χ3n) is 2.94. The quantitative estimate of drug-likeness (QED) is 0.663. The monoisotopic (exact) mass is 210 g/mol. The Bertz CT molecular complexity index is 338. The molecule has 1 aliphatic heterocycles. The minimum Gasteiger partial charge on any atom is -0.299 e. The minimum absolute atomic E-state index is 0.540. The Hall–Kier alpha value is -0.600. The molecule has 3 heteroatoms. The number of hydrogen-bond acceptors (Lipinski definition) is 2. The lowest BCUT2D eigenvalue weighted by atomic mass is 10.1. The van der Waals surface area contributed by atoms with E-state index in [0.29, 0.717) is 11.2 Å². The summed E-state index contributed by atoms with van der Waals surface area (Å²) in [4.78, 5) is 6.58. The fourth-order valence-corrected chi connectivity index (χ4v) is 2.20. The average molecular weight is 211 g/mol. The summed E-state index contributed by atoms with van der Waals surface area (Å²) in [5.74, 6) is 0. The fourth-order valence-electron chi connectivity index (χ4n) is 2.09. The predicted octanol–water partition coefficient (Wildman–Crippen LogP) is 2.81. The zero-order valence-corrected chi connectivity index (χ0v) is 9.38. The van der Waals surface area contributed by atoms with Crippen molar-refractivity contribution in [3.63, 3.8) is 0 Å². The Labute approximate surface area is 89.9 Å². The van der Waals surface area contributed by atoms with Gasteiger partial charge in [0.25, 0.3) is 0 Å². The highest BCUT2D eigenvalue weighted by molar-refractivity contribution is 6.30. The van der Waals surface area contributed by atoms with Crippen LogP contribution in [0.5, 0.6) is 0 Å². The Balaban J connectivity index is 2.28. The first-order chi connectivity index (χ1) is 6.68. The fraction of sp³-hybridized carbons (Fsp3) is 0.545. The second kappa shape index (κ2) is 3.87. The van der Waals surface area contributed by atoms with Gasteiger partial charge in [-0.3, -0.25) is 4.90 Å². The Morgan fingerprint density at radius 2 is 2.36 bits per heavy atom. The molecule has 0 N–H and O–H groups in total. The second-order valence-corrected chi connectivity index (χ2v) is 4.37. The Kier molecular flexibility index (Phi) is 2.75. The molecule has 1 aromatic rings. The van der Waals surface area contributed by atoms with E-state index in [0.717, 1.165) is 5.56 Å². The van der Waals surface area contributed by atoms with Gasteiger partial charge in [0.2, 0.25) is 0 Å². The lowest BCUT2D eigenvalue weighted by Gasteiger charge is -2.19. The van der Waals surface area contributed by atoms with Gasteiger partial charge in [0.15, 0.2) is 0 Å². The van der Waals surface area contributed by atoms with Gasteiger partial charge in [-0.15, -0.1) is 0 Å². The van der Waals surface area contributed by atoms with Crippen LogP contribution in [0.15, 0.2) is 12.3 Å². The van der Waals surface area contributed by atoms with Crippen molar-refractivity contribution in [2.45, 2.75) is 25.8 Å². The van der Waals surface area contributed by atoms with Crippen LogP contribution in [0.3, 0.4) is 0 Å². The number of rotatable bonds is 1. The molecule has 1 atom stereocenters. The molecule has 1 unspecified atom stereocenters. The predicted molar refractivity (Wildman–Crippen MR) is 58.6 cm³/mol. The van der Waals surface area contributed by atoms with Crippen LogP contribution in [0, 0.1) is 6.92 Å². The van der Waals surface area contributed by atoms with Crippen molar-refractivity contribution in [1.29, 1.82) is 0 Å². The third kappa shape index (κ3) is 1.77. The van der Waals surface area contributed by atoms with Crippen molar-refractivity contribution in [2.75, 3.05) is 13.6 Å². The number of aromatic nitrogens is 1. The summed E-state index contributed by atoms with van der Waals surface area (Å²) in [5.41, 5.74) is 2.37. The number of aryl methyl sites for hydroxylation is 1. The lowest BCUT2D eigenvalue weighted by molar-refractivity contribution is 0.317. The Morgan fingerprint density at radius 3 is 2.93 bits per heavy atom. The molecular formula is C11H15ClN2. The van der Waals surface area contributed by atoms with Crippen LogP contribution in [0.2, 0.25) is 5.15 Å². The van der Waals surface area contributed by atoms with Gasteiger partial charge in [-0.1, -0.05) is 11.6 Å². The zero-order valence-electron chi connectivity index (χ0n) is 8.63. The first-order valence-corrected chi connectivity index (χ1v) is 5.38. The van der Waals surface area contributed by atoms with E-state index in [1.165, 1.54) is 24.9 Å². The summed E-state index contributed by atoms with van der Waals surface area (Å²) in [7, 11) is 2.17. The molecule has 0 bridgehead atoms. The van der Waals surface area contributed by atoms with Gasteiger partial charge in [0.1, 0.15) is 5.15 Å². The van der Waals surface area contributed by atoms with E-state index in [-0.39, 0.29) is 0 Å². The molecule has 2 heterocycles. The van der Waals surface area contributed by atoms with Gasteiger partial charge in [-0.2, -0.15) is 0 Å². The molecule has 0 radical (unpaired) electrons. The van der Waals surface area contributed by atoms with Gasteiger partial charge < -0.3 is 0 Å². The van der Waals surface area contributed by atoms with E-state index in [1.54, 1.807) is 0 Å². The molecule has 1 saturated heterocycles. The van der Waals surface area contributed by atoms with Crippen molar-refractivity contribution < 1.29 is 0 Å². The molecule has 0 saturated carbocycles. The van der Waals surface area contributed by atoms with Crippen LogP contribution >= 0.6 is 11.6 Å². The van der Waals surface area contributed by atoms with Crippen LogP contribution in [0.4, 0.5) is 0 Å². The lowest BCUT2D eigenvalue weighted by Crippen LogP contribution is -2.17. The van der Waals surface area contributed by atoms with Crippen LogP contribution in [0.25, 0.3) is 0 Å². The first kappa shape index (κ1) is 9.94. The molecule has 1 fully saturated rings. The molecule has 2 nitrogen and oxygen atoms in total. The van der Waals surface area contributed by atoms with Gasteiger partial charge >= 0.3 is 0 Å². The normalized spacial score (nSPS) is 22.9.